The first-order valence-corrected chi connectivity index (χ1v) is 10.1. The highest BCUT2D eigenvalue weighted by Crippen LogP contribution is 2.41. The Balaban J connectivity index is 1.54. The van der Waals surface area contributed by atoms with Crippen LogP contribution in [-0.2, 0) is 16.0 Å². The van der Waals surface area contributed by atoms with E-state index in [2.05, 4.69) is 34.5 Å². The number of rotatable bonds is 3. The SMILES string of the molecule is CC(=O)N1C[C@H](c2ccccc2)[C@H]2CN(C(=O)Cc3c(C)n[nH]c3C)CC[C@H]21. The van der Waals surface area contributed by atoms with E-state index in [0.29, 0.717) is 19.5 Å². The number of hydrogen-bond acceptors (Lipinski definition) is 3. The second kappa shape index (κ2) is 7.41. The summed E-state index contributed by atoms with van der Waals surface area (Å²) in [5.41, 5.74) is 4.12. The summed E-state index contributed by atoms with van der Waals surface area (Å²) in [5, 5.41) is 7.17. The Labute approximate surface area is 165 Å². The van der Waals surface area contributed by atoms with Crippen molar-refractivity contribution in [1.82, 2.24) is 20.0 Å². The summed E-state index contributed by atoms with van der Waals surface area (Å²) in [6.07, 6.45) is 1.24. The third-order valence-electron chi connectivity index (χ3n) is 6.52. The number of piperidine rings is 1. The number of nitrogens with zero attached hydrogens (tertiary/aromatic N) is 3. The van der Waals surface area contributed by atoms with Crippen LogP contribution in [0.15, 0.2) is 30.3 Å². The predicted molar refractivity (Wildman–Crippen MR) is 107 cm³/mol. The molecule has 2 saturated heterocycles. The zero-order chi connectivity index (χ0) is 19.8. The summed E-state index contributed by atoms with van der Waals surface area (Å²) < 4.78 is 0. The fraction of sp³-hybridized carbons (Fsp3) is 0.500. The standard InChI is InChI=1S/C22H28N4O2/c1-14-18(15(2)24-23-14)11-22(28)25-10-9-21-20(12-25)19(13-26(21)16(3)27)17-7-5-4-6-8-17/h4-8,19-21H,9-13H2,1-3H3,(H,23,24)/t19-,20-,21-/m1/s1. The number of carbonyl (C=O) groups is 2. The molecule has 2 aliphatic rings. The molecule has 6 heteroatoms. The maximum atomic E-state index is 13.0. The molecule has 6 nitrogen and oxygen atoms in total. The topological polar surface area (TPSA) is 69.3 Å². The number of nitrogens with one attached hydrogen (secondary N) is 1. The van der Waals surface area contributed by atoms with E-state index < -0.39 is 0 Å². The number of likely N-dealkylation sites (tertiary alicyclic amines) is 2. The van der Waals surface area contributed by atoms with Gasteiger partial charge in [-0.2, -0.15) is 5.10 Å². The summed E-state index contributed by atoms with van der Waals surface area (Å²) in [4.78, 5) is 29.3. The molecule has 0 spiro atoms. The molecule has 0 aliphatic carbocycles. The lowest BCUT2D eigenvalue weighted by atomic mass is 9.81. The zero-order valence-electron chi connectivity index (χ0n) is 16.8. The molecular weight excluding hydrogens is 352 g/mol. The first-order chi connectivity index (χ1) is 13.5. The molecule has 3 atom stereocenters. The molecule has 2 aromatic rings. The molecule has 3 heterocycles. The Kier molecular flexibility index (Phi) is 4.96. The lowest BCUT2D eigenvalue weighted by Crippen LogP contribution is -2.49. The summed E-state index contributed by atoms with van der Waals surface area (Å²) in [5.74, 6) is 0.857. The minimum absolute atomic E-state index is 0.137. The van der Waals surface area contributed by atoms with Gasteiger partial charge in [-0.3, -0.25) is 14.7 Å². The number of hydrogen-bond donors (Lipinski definition) is 1. The van der Waals surface area contributed by atoms with Crippen molar-refractivity contribution in [3.05, 3.63) is 52.8 Å². The molecule has 2 fully saturated rings. The first kappa shape index (κ1) is 18.7. The van der Waals surface area contributed by atoms with Crippen LogP contribution in [0.2, 0.25) is 0 Å². The van der Waals surface area contributed by atoms with Crippen LogP contribution in [0.4, 0.5) is 0 Å². The molecule has 28 heavy (non-hydrogen) atoms. The van der Waals surface area contributed by atoms with E-state index >= 15 is 0 Å². The average molecular weight is 380 g/mol. The smallest absolute Gasteiger partial charge is 0.227 e. The van der Waals surface area contributed by atoms with Crippen LogP contribution < -0.4 is 0 Å². The Bertz CT molecular complexity index is 856. The Morgan fingerprint density at radius 2 is 1.93 bits per heavy atom. The van der Waals surface area contributed by atoms with E-state index in [1.165, 1.54) is 5.56 Å². The number of carbonyl (C=O) groups excluding carboxylic acids is 2. The average Bonchev–Trinajstić information content (AvgIpc) is 3.23. The summed E-state index contributed by atoms with van der Waals surface area (Å²) in [6, 6.07) is 10.6. The maximum absolute atomic E-state index is 13.0. The van der Waals surface area contributed by atoms with Gasteiger partial charge in [0.25, 0.3) is 0 Å². The Morgan fingerprint density at radius 3 is 2.57 bits per heavy atom. The summed E-state index contributed by atoms with van der Waals surface area (Å²) >= 11 is 0. The van der Waals surface area contributed by atoms with Crippen LogP contribution >= 0.6 is 0 Å². The molecule has 2 aliphatic heterocycles. The second-order valence-electron chi connectivity index (χ2n) is 8.14. The van der Waals surface area contributed by atoms with Crippen molar-refractivity contribution in [2.45, 2.75) is 45.6 Å². The van der Waals surface area contributed by atoms with Crippen LogP contribution in [0.3, 0.4) is 0 Å². The van der Waals surface area contributed by atoms with Gasteiger partial charge in [-0.1, -0.05) is 30.3 Å². The maximum Gasteiger partial charge on any atom is 0.227 e. The quantitative estimate of drug-likeness (QED) is 0.889. The lowest BCUT2D eigenvalue weighted by Gasteiger charge is -2.39. The van der Waals surface area contributed by atoms with Gasteiger partial charge in [0.15, 0.2) is 0 Å². The van der Waals surface area contributed by atoms with Crippen LogP contribution in [0.5, 0.6) is 0 Å². The van der Waals surface area contributed by atoms with Crippen LogP contribution in [0.25, 0.3) is 0 Å². The fourth-order valence-corrected chi connectivity index (χ4v) is 4.97. The minimum atomic E-state index is 0.137. The third-order valence-corrected chi connectivity index (χ3v) is 6.52. The molecule has 1 N–H and O–H groups in total. The number of aryl methyl sites for hydroxylation is 2. The third kappa shape index (κ3) is 3.32. The molecular formula is C22H28N4O2. The van der Waals surface area contributed by atoms with Crippen molar-refractivity contribution < 1.29 is 9.59 Å². The van der Waals surface area contributed by atoms with E-state index in [0.717, 1.165) is 29.9 Å². The van der Waals surface area contributed by atoms with E-state index in [4.69, 9.17) is 0 Å². The number of fused-ring (bicyclic) bond motifs is 1. The minimum Gasteiger partial charge on any atom is -0.342 e. The largest absolute Gasteiger partial charge is 0.342 e. The summed E-state index contributed by atoms with van der Waals surface area (Å²) in [7, 11) is 0. The van der Waals surface area contributed by atoms with Crippen LogP contribution in [0, 0.1) is 19.8 Å². The molecule has 1 aromatic heterocycles. The van der Waals surface area contributed by atoms with E-state index in [-0.39, 0.29) is 29.7 Å². The van der Waals surface area contributed by atoms with Crippen LogP contribution in [0.1, 0.15) is 41.8 Å². The van der Waals surface area contributed by atoms with Gasteiger partial charge in [0.2, 0.25) is 11.8 Å². The van der Waals surface area contributed by atoms with Crippen molar-refractivity contribution in [2.24, 2.45) is 5.92 Å². The van der Waals surface area contributed by atoms with Gasteiger partial charge in [-0.05, 0) is 25.8 Å². The Morgan fingerprint density at radius 1 is 1.18 bits per heavy atom. The highest BCUT2D eigenvalue weighted by Gasteiger charge is 2.46. The second-order valence-corrected chi connectivity index (χ2v) is 8.14. The molecule has 1 aromatic carbocycles. The van der Waals surface area contributed by atoms with E-state index in [1.54, 1.807) is 6.92 Å². The first-order valence-electron chi connectivity index (χ1n) is 10.1. The molecule has 0 saturated carbocycles. The van der Waals surface area contributed by atoms with Crippen molar-refractivity contribution in [2.75, 3.05) is 19.6 Å². The van der Waals surface area contributed by atoms with Crippen molar-refractivity contribution >= 4 is 11.8 Å². The molecule has 148 valence electrons. The highest BCUT2D eigenvalue weighted by molar-refractivity contribution is 5.79. The van der Waals surface area contributed by atoms with Crippen LogP contribution in [-0.4, -0.2) is 57.5 Å². The lowest BCUT2D eigenvalue weighted by molar-refractivity contribution is -0.134. The van der Waals surface area contributed by atoms with Gasteiger partial charge in [0.05, 0.1) is 12.1 Å². The number of H-pyrrole nitrogens is 1. The van der Waals surface area contributed by atoms with E-state index in [1.807, 2.05) is 29.7 Å². The van der Waals surface area contributed by atoms with Gasteiger partial charge >= 0.3 is 0 Å². The zero-order valence-corrected chi connectivity index (χ0v) is 16.8. The van der Waals surface area contributed by atoms with Crippen molar-refractivity contribution in [1.29, 1.82) is 0 Å². The summed E-state index contributed by atoms with van der Waals surface area (Å²) in [6.45, 7) is 7.72. The molecule has 0 unspecified atom stereocenters. The monoisotopic (exact) mass is 380 g/mol. The van der Waals surface area contributed by atoms with E-state index in [9.17, 15) is 9.59 Å². The van der Waals surface area contributed by atoms with Crippen molar-refractivity contribution in [3.8, 4) is 0 Å². The van der Waals surface area contributed by atoms with Gasteiger partial charge in [0, 0.05) is 55.7 Å². The normalized spacial score (nSPS) is 24.3. The van der Waals surface area contributed by atoms with Gasteiger partial charge in [-0.15, -0.1) is 0 Å². The number of aromatic nitrogens is 2. The predicted octanol–water partition coefficient (Wildman–Crippen LogP) is 2.43. The fourth-order valence-electron chi connectivity index (χ4n) is 4.97. The van der Waals surface area contributed by atoms with Gasteiger partial charge in [-0.25, -0.2) is 0 Å². The van der Waals surface area contributed by atoms with Gasteiger partial charge in [0.1, 0.15) is 0 Å². The highest BCUT2D eigenvalue weighted by atomic mass is 16.2. The Hall–Kier alpha value is -2.63. The number of amides is 2. The number of aromatic amines is 1. The van der Waals surface area contributed by atoms with Crippen molar-refractivity contribution in [3.63, 3.8) is 0 Å². The van der Waals surface area contributed by atoms with Gasteiger partial charge < -0.3 is 9.80 Å². The molecule has 0 radical (unpaired) electrons. The molecule has 0 bridgehead atoms. The molecule has 4 rings (SSSR count). The number of benzene rings is 1. The molecule has 2 amide bonds.